The van der Waals surface area contributed by atoms with Crippen LogP contribution in [0.15, 0.2) is 28.4 Å². The first kappa shape index (κ1) is 13.9. The van der Waals surface area contributed by atoms with Crippen LogP contribution in [-0.2, 0) is 4.79 Å². The maximum atomic E-state index is 12.1. The van der Waals surface area contributed by atoms with E-state index in [1.807, 2.05) is 0 Å². The zero-order valence-electron chi connectivity index (χ0n) is 12.2. The molecule has 1 amide bonds. The van der Waals surface area contributed by atoms with Crippen LogP contribution < -0.4 is 0 Å². The van der Waals surface area contributed by atoms with E-state index in [0.717, 1.165) is 25.7 Å². The molecule has 2 aliphatic carbocycles. The molecule has 23 heavy (non-hydrogen) atoms. The van der Waals surface area contributed by atoms with E-state index >= 15 is 0 Å². The number of hydrogen-bond donors (Lipinski definition) is 2. The van der Waals surface area contributed by atoms with Crippen LogP contribution in [0.3, 0.4) is 0 Å². The molecule has 1 heterocycles. The van der Waals surface area contributed by atoms with Gasteiger partial charge < -0.3 is 10.1 Å². The second-order valence-electron chi connectivity index (χ2n) is 6.32. The first-order valence-electron chi connectivity index (χ1n) is 7.45. The number of aromatic hydroxyl groups is 1. The number of rotatable bonds is 3. The largest absolute Gasteiger partial charge is 0.493 e. The second kappa shape index (κ2) is 4.61. The summed E-state index contributed by atoms with van der Waals surface area (Å²) in [6, 6.07) is 4.11. The number of amides is 1. The smallest absolute Gasteiger partial charge is 0.270 e. The van der Waals surface area contributed by atoms with Crippen molar-refractivity contribution in [3.05, 3.63) is 28.3 Å². The van der Waals surface area contributed by atoms with Crippen LogP contribution in [0.25, 0.3) is 10.9 Å². The van der Waals surface area contributed by atoms with Gasteiger partial charge >= 0.3 is 0 Å². The summed E-state index contributed by atoms with van der Waals surface area (Å²) in [5.41, 5.74) is 0.601. The summed E-state index contributed by atoms with van der Waals surface area (Å²) in [6.07, 6.45) is 4.18. The van der Waals surface area contributed by atoms with Gasteiger partial charge in [-0.2, -0.15) is 0 Å². The van der Waals surface area contributed by atoms with Crippen LogP contribution in [-0.4, -0.2) is 20.9 Å². The third kappa shape index (κ3) is 2.09. The van der Waals surface area contributed by atoms with E-state index in [9.17, 15) is 20.0 Å². The summed E-state index contributed by atoms with van der Waals surface area (Å²) in [5, 5.41) is 28.7. The lowest BCUT2D eigenvalue weighted by Gasteiger charge is -2.25. The van der Waals surface area contributed by atoms with Crippen LogP contribution in [0.4, 0.5) is 11.4 Å². The summed E-state index contributed by atoms with van der Waals surface area (Å²) >= 11 is 0. The van der Waals surface area contributed by atoms with Crippen LogP contribution in [0.1, 0.15) is 25.7 Å². The molecular formula is C15H14N4O4. The Hall–Kier alpha value is -2.77. The Morgan fingerprint density at radius 3 is 2.83 bits per heavy atom. The number of fused-ring (bicyclic) bond motifs is 1. The number of H-pyrrole nitrogens is 1. The Labute approximate surface area is 130 Å². The van der Waals surface area contributed by atoms with Crippen molar-refractivity contribution in [2.75, 3.05) is 0 Å². The Kier molecular flexibility index (Phi) is 2.78. The Morgan fingerprint density at radius 1 is 1.43 bits per heavy atom. The number of nitro groups is 1. The highest BCUT2D eigenvalue weighted by Crippen LogP contribution is 2.65. The topological polar surface area (TPSA) is 121 Å². The van der Waals surface area contributed by atoms with Gasteiger partial charge in [-0.25, -0.2) is 0 Å². The molecule has 118 valence electrons. The third-order valence-corrected chi connectivity index (χ3v) is 5.03. The maximum Gasteiger partial charge on any atom is 0.270 e. The van der Waals surface area contributed by atoms with Crippen molar-refractivity contribution >= 4 is 28.2 Å². The first-order chi connectivity index (χ1) is 11.0. The number of hydrogen-bond acceptors (Lipinski definition) is 5. The van der Waals surface area contributed by atoms with Crippen molar-refractivity contribution in [1.82, 2.24) is 4.98 Å². The molecule has 2 aliphatic rings. The number of non-ortho nitro benzene ring substituents is 1. The average Bonchev–Trinajstić information content (AvgIpc) is 3.17. The van der Waals surface area contributed by atoms with Crippen LogP contribution >= 0.6 is 0 Å². The summed E-state index contributed by atoms with van der Waals surface area (Å²) < 4.78 is 0. The minimum absolute atomic E-state index is 0.0540. The van der Waals surface area contributed by atoms with Crippen molar-refractivity contribution in [1.29, 1.82) is 0 Å². The molecule has 4 rings (SSSR count). The number of carbonyl (C=O) groups is 1. The molecule has 0 aliphatic heterocycles. The lowest BCUT2D eigenvalue weighted by atomic mass is 9.80. The monoisotopic (exact) mass is 314 g/mol. The van der Waals surface area contributed by atoms with Gasteiger partial charge in [0.25, 0.3) is 11.6 Å². The normalized spacial score (nSPS) is 21.7. The highest BCUT2D eigenvalue weighted by molar-refractivity contribution is 5.96. The summed E-state index contributed by atoms with van der Waals surface area (Å²) in [5.74, 6) is -0.586. The van der Waals surface area contributed by atoms with Gasteiger partial charge in [0.1, 0.15) is 0 Å². The minimum atomic E-state index is -0.528. The number of carbonyl (C=O) groups excluding carboxylic acids is 1. The summed E-state index contributed by atoms with van der Waals surface area (Å²) in [6.45, 7) is 0. The fourth-order valence-electron chi connectivity index (χ4n) is 3.42. The fourth-order valence-corrected chi connectivity index (χ4v) is 3.42. The van der Waals surface area contributed by atoms with Gasteiger partial charge in [0.2, 0.25) is 5.88 Å². The zero-order chi connectivity index (χ0) is 16.2. The molecule has 1 unspecified atom stereocenters. The molecule has 8 heteroatoms. The maximum absolute atomic E-state index is 12.1. The van der Waals surface area contributed by atoms with Gasteiger partial charge in [-0.15, -0.1) is 10.2 Å². The Bertz CT molecular complexity index is 866. The van der Waals surface area contributed by atoms with E-state index in [1.54, 1.807) is 0 Å². The van der Waals surface area contributed by atoms with E-state index in [-0.39, 0.29) is 34.5 Å². The Balaban J connectivity index is 1.64. The zero-order valence-corrected chi connectivity index (χ0v) is 12.2. The van der Waals surface area contributed by atoms with E-state index in [0.29, 0.717) is 10.9 Å². The standard InChI is InChI=1S/C15H14N4O4/c20-13(10-7-15(10)4-1-5-15)18-17-12-9-6-8(19(22)23)2-3-11(9)16-14(12)21/h2-3,6,10,16,21H,1,4-5,7H2. The van der Waals surface area contributed by atoms with Crippen molar-refractivity contribution < 1.29 is 14.8 Å². The van der Waals surface area contributed by atoms with E-state index < -0.39 is 4.92 Å². The molecule has 1 aromatic carbocycles. The van der Waals surface area contributed by atoms with Crippen LogP contribution in [0.2, 0.25) is 0 Å². The number of nitro benzene ring substituents is 1. The number of nitrogens with one attached hydrogen (secondary N) is 1. The van der Waals surface area contributed by atoms with Gasteiger partial charge in [-0.3, -0.25) is 14.9 Å². The predicted molar refractivity (Wildman–Crippen MR) is 80.5 cm³/mol. The van der Waals surface area contributed by atoms with E-state index in [4.69, 9.17) is 0 Å². The second-order valence-corrected chi connectivity index (χ2v) is 6.32. The van der Waals surface area contributed by atoms with Crippen molar-refractivity contribution in [3.63, 3.8) is 0 Å². The molecule has 1 atom stereocenters. The van der Waals surface area contributed by atoms with Crippen molar-refractivity contribution in [3.8, 4) is 5.88 Å². The highest BCUT2D eigenvalue weighted by Gasteiger charge is 2.61. The van der Waals surface area contributed by atoms with Crippen molar-refractivity contribution in [2.24, 2.45) is 21.6 Å². The lowest BCUT2D eigenvalue weighted by molar-refractivity contribution is -0.384. The molecule has 0 saturated heterocycles. The van der Waals surface area contributed by atoms with Gasteiger partial charge in [-0.1, -0.05) is 6.42 Å². The Morgan fingerprint density at radius 2 is 2.22 bits per heavy atom. The third-order valence-electron chi connectivity index (χ3n) is 5.03. The van der Waals surface area contributed by atoms with Crippen molar-refractivity contribution in [2.45, 2.75) is 25.7 Å². The molecule has 2 aromatic rings. The van der Waals surface area contributed by atoms with E-state index in [2.05, 4.69) is 15.2 Å². The average molecular weight is 314 g/mol. The number of nitrogens with zero attached hydrogens (tertiary/aromatic N) is 3. The molecule has 8 nitrogen and oxygen atoms in total. The summed E-state index contributed by atoms with van der Waals surface area (Å²) in [4.78, 5) is 25.1. The molecule has 1 aromatic heterocycles. The highest BCUT2D eigenvalue weighted by atomic mass is 16.6. The molecule has 1 spiro atoms. The van der Waals surface area contributed by atoms with Crippen LogP contribution in [0, 0.1) is 21.4 Å². The van der Waals surface area contributed by atoms with E-state index in [1.165, 1.54) is 18.2 Å². The summed E-state index contributed by atoms with van der Waals surface area (Å²) in [7, 11) is 0. The molecule has 0 bridgehead atoms. The minimum Gasteiger partial charge on any atom is -0.493 e. The molecule has 2 N–H and O–H groups in total. The lowest BCUT2D eigenvalue weighted by Crippen LogP contribution is -2.17. The van der Waals surface area contributed by atoms with Crippen LogP contribution in [0.5, 0.6) is 5.88 Å². The number of aromatic amines is 1. The molecule has 2 saturated carbocycles. The number of azo groups is 1. The number of aromatic nitrogens is 1. The molecule has 0 radical (unpaired) electrons. The van der Waals surface area contributed by atoms with Gasteiger partial charge in [0.15, 0.2) is 5.69 Å². The molecular weight excluding hydrogens is 300 g/mol. The van der Waals surface area contributed by atoms with Gasteiger partial charge in [0.05, 0.1) is 10.4 Å². The SMILES string of the molecule is O=C(N=Nc1c(O)[nH]c2ccc([N+](=O)[O-])cc12)C1CC12CCC2. The number of benzene rings is 1. The van der Waals surface area contributed by atoms with Gasteiger partial charge in [0, 0.05) is 23.4 Å². The predicted octanol–water partition coefficient (Wildman–Crippen LogP) is 3.58. The fraction of sp³-hybridized carbons (Fsp3) is 0.400. The first-order valence-corrected chi connectivity index (χ1v) is 7.45. The quantitative estimate of drug-likeness (QED) is 0.510. The molecule has 2 fully saturated rings. The van der Waals surface area contributed by atoms with Gasteiger partial charge in [-0.05, 0) is 30.7 Å².